The monoisotopic (exact) mass is 295 g/mol. The fraction of sp³-hybridized carbons (Fsp3) is 0.533. The van der Waals surface area contributed by atoms with Crippen molar-refractivity contribution in [3.8, 4) is 0 Å². The molecule has 0 aliphatic carbocycles. The predicted octanol–water partition coefficient (Wildman–Crippen LogP) is 2.77. The third-order valence-electron chi connectivity index (χ3n) is 3.70. The van der Waals surface area contributed by atoms with Crippen molar-refractivity contribution in [3.63, 3.8) is 0 Å². The Morgan fingerprint density at radius 2 is 2.35 bits per heavy atom. The molecule has 2 unspecified atom stereocenters. The number of nitrogens with one attached hydrogen (secondary N) is 2. The van der Waals surface area contributed by atoms with Crippen molar-refractivity contribution in [3.05, 3.63) is 28.8 Å². The number of nitrogens with two attached hydrogens (primary N) is 1. The molecule has 1 aromatic rings. The van der Waals surface area contributed by atoms with E-state index in [9.17, 15) is 4.79 Å². The van der Waals surface area contributed by atoms with E-state index in [1.165, 1.54) is 19.3 Å². The number of primary amides is 1. The summed E-state index contributed by atoms with van der Waals surface area (Å²) < 4.78 is 0. The zero-order chi connectivity index (χ0) is 14.5. The summed E-state index contributed by atoms with van der Waals surface area (Å²) in [5, 5.41) is 7.52. The van der Waals surface area contributed by atoms with Crippen molar-refractivity contribution in [1.82, 2.24) is 5.32 Å². The molecule has 0 radical (unpaired) electrons. The summed E-state index contributed by atoms with van der Waals surface area (Å²) in [6.07, 6.45) is 4.82. The Kier molecular flexibility index (Phi) is 5.26. The summed E-state index contributed by atoms with van der Waals surface area (Å²) in [4.78, 5) is 11.2. The molecule has 4 nitrogen and oxygen atoms in total. The van der Waals surface area contributed by atoms with Crippen molar-refractivity contribution in [2.75, 3.05) is 11.9 Å². The summed E-state index contributed by atoms with van der Waals surface area (Å²) in [6, 6.07) is 5.91. The van der Waals surface area contributed by atoms with Crippen LogP contribution in [0.4, 0.5) is 5.69 Å². The van der Waals surface area contributed by atoms with Crippen molar-refractivity contribution in [2.45, 2.75) is 44.7 Å². The molecular formula is C15H22ClN3O. The van der Waals surface area contributed by atoms with Gasteiger partial charge in [0.15, 0.2) is 0 Å². The van der Waals surface area contributed by atoms with Gasteiger partial charge in [0.25, 0.3) is 0 Å². The lowest BCUT2D eigenvalue weighted by Gasteiger charge is -2.27. The Hall–Kier alpha value is -1.26. The van der Waals surface area contributed by atoms with Crippen molar-refractivity contribution in [2.24, 2.45) is 5.73 Å². The number of amides is 1. The largest absolute Gasteiger partial charge is 0.381 e. The molecule has 1 aliphatic heterocycles. The summed E-state index contributed by atoms with van der Waals surface area (Å²) in [5.41, 5.74) is 6.53. The molecule has 0 saturated carbocycles. The number of rotatable bonds is 5. The minimum absolute atomic E-state index is 0.284. The Morgan fingerprint density at radius 1 is 1.55 bits per heavy atom. The van der Waals surface area contributed by atoms with Gasteiger partial charge in [-0.2, -0.15) is 0 Å². The molecule has 2 atom stereocenters. The SMILES string of the molecule is CC(CC1CCCCN1)Nc1cc(C(N)=O)ccc1Cl. The van der Waals surface area contributed by atoms with Gasteiger partial charge < -0.3 is 16.4 Å². The summed E-state index contributed by atoms with van der Waals surface area (Å²) in [6.45, 7) is 3.23. The molecule has 2 rings (SSSR count). The van der Waals surface area contributed by atoms with Crippen LogP contribution in [-0.2, 0) is 0 Å². The number of piperidine rings is 1. The maximum atomic E-state index is 11.2. The molecule has 1 fully saturated rings. The number of hydrogen-bond donors (Lipinski definition) is 3. The minimum Gasteiger partial charge on any atom is -0.381 e. The highest BCUT2D eigenvalue weighted by Gasteiger charge is 2.16. The van der Waals surface area contributed by atoms with Gasteiger partial charge in [0, 0.05) is 17.6 Å². The Balaban J connectivity index is 1.97. The van der Waals surface area contributed by atoms with Gasteiger partial charge in [0.2, 0.25) is 5.91 Å². The topological polar surface area (TPSA) is 67.2 Å². The first kappa shape index (κ1) is 15.1. The fourth-order valence-corrected chi connectivity index (χ4v) is 2.84. The third kappa shape index (κ3) is 4.12. The van der Waals surface area contributed by atoms with E-state index < -0.39 is 5.91 Å². The maximum Gasteiger partial charge on any atom is 0.248 e. The van der Waals surface area contributed by atoms with Crippen LogP contribution in [0.25, 0.3) is 0 Å². The van der Waals surface area contributed by atoms with E-state index in [-0.39, 0.29) is 6.04 Å². The standard InChI is InChI=1S/C15H22ClN3O/c1-10(8-12-4-2-3-7-18-12)19-14-9-11(15(17)20)5-6-13(14)16/h5-6,9-10,12,18-19H,2-4,7-8H2,1H3,(H2,17,20). The lowest BCUT2D eigenvalue weighted by Crippen LogP contribution is -2.37. The second kappa shape index (κ2) is 6.95. The summed E-state index contributed by atoms with van der Waals surface area (Å²) >= 11 is 6.16. The van der Waals surface area contributed by atoms with Gasteiger partial charge in [-0.05, 0) is 50.9 Å². The molecular weight excluding hydrogens is 274 g/mol. The highest BCUT2D eigenvalue weighted by Crippen LogP contribution is 2.24. The molecule has 4 N–H and O–H groups in total. The van der Waals surface area contributed by atoms with E-state index in [4.69, 9.17) is 17.3 Å². The van der Waals surface area contributed by atoms with Gasteiger partial charge >= 0.3 is 0 Å². The third-order valence-corrected chi connectivity index (χ3v) is 4.03. The van der Waals surface area contributed by atoms with Crippen molar-refractivity contribution >= 4 is 23.2 Å². The molecule has 1 amide bonds. The average molecular weight is 296 g/mol. The smallest absolute Gasteiger partial charge is 0.248 e. The Bertz CT molecular complexity index is 472. The molecule has 20 heavy (non-hydrogen) atoms. The van der Waals surface area contributed by atoms with Crippen molar-refractivity contribution in [1.29, 1.82) is 0 Å². The normalized spacial score (nSPS) is 20.4. The summed E-state index contributed by atoms with van der Waals surface area (Å²) in [7, 11) is 0. The number of hydrogen-bond acceptors (Lipinski definition) is 3. The average Bonchev–Trinajstić information content (AvgIpc) is 2.42. The zero-order valence-electron chi connectivity index (χ0n) is 11.8. The minimum atomic E-state index is -0.439. The van der Waals surface area contributed by atoms with Crippen LogP contribution >= 0.6 is 11.6 Å². The van der Waals surface area contributed by atoms with Crippen LogP contribution in [0.15, 0.2) is 18.2 Å². The van der Waals surface area contributed by atoms with Gasteiger partial charge in [-0.3, -0.25) is 4.79 Å². The molecule has 0 aromatic heterocycles. The van der Waals surface area contributed by atoms with E-state index in [0.717, 1.165) is 18.7 Å². The molecule has 1 saturated heterocycles. The Morgan fingerprint density at radius 3 is 3.00 bits per heavy atom. The van der Waals surface area contributed by atoms with Crippen molar-refractivity contribution < 1.29 is 4.79 Å². The van der Waals surface area contributed by atoms with E-state index in [1.807, 2.05) is 0 Å². The van der Waals surface area contributed by atoms with Crippen LogP contribution < -0.4 is 16.4 Å². The molecule has 0 bridgehead atoms. The molecule has 1 aromatic carbocycles. The highest BCUT2D eigenvalue weighted by molar-refractivity contribution is 6.33. The van der Waals surface area contributed by atoms with Gasteiger partial charge in [0.1, 0.15) is 0 Å². The van der Waals surface area contributed by atoms with Crippen LogP contribution in [0.2, 0.25) is 5.02 Å². The molecule has 110 valence electrons. The molecule has 0 spiro atoms. The van der Waals surface area contributed by atoms with Gasteiger partial charge in [-0.25, -0.2) is 0 Å². The summed E-state index contributed by atoms with van der Waals surface area (Å²) in [5.74, 6) is -0.439. The number of halogens is 1. The van der Waals surface area contributed by atoms with E-state index in [1.54, 1.807) is 18.2 Å². The first-order valence-electron chi connectivity index (χ1n) is 7.15. The molecule has 5 heteroatoms. The molecule has 1 heterocycles. The quantitative estimate of drug-likeness (QED) is 0.782. The van der Waals surface area contributed by atoms with E-state index >= 15 is 0 Å². The van der Waals surface area contributed by atoms with E-state index in [2.05, 4.69) is 17.6 Å². The van der Waals surface area contributed by atoms with Gasteiger partial charge in [-0.15, -0.1) is 0 Å². The van der Waals surface area contributed by atoms with Gasteiger partial charge in [-0.1, -0.05) is 18.0 Å². The lowest BCUT2D eigenvalue weighted by atomic mass is 9.98. The van der Waals surface area contributed by atoms with Gasteiger partial charge in [0.05, 0.1) is 10.7 Å². The second-order valence-corrected chi connectivity index (χ2v) is 5.89. The number of anilines is 1. The van der Waals surface area contributed by atoms with E-state index in [0.29, 0.717) is 16.6 Å². The number of benzene rings is 1. The molecule has 1 aliphatic rings. The first-order chi connectivity index (χ1) is 9.56. The number of carbonyl (C=O) groups excluding carboxylic acids is 1. The highest BCUT2D eigenvalue weighted by atomic mass is 35.5. The predicted molar refractivity (Wildman–Crippen MR) is 83.3 cm³/mol. The lowest BCUT2D eigenvalue weighted by molar-refractivity contribution is 0.100. The fourth-order valence-electron chi connectivity index (χ4n) is 2.67. The van der Waals surface area contributed by atoms with Crippen LogP contribution in [0.1, 0.15) is 43.0 Å². The second-order valence-electron chi connectivity index (χ2n) is 5.49. The van der Waals surface area contributed by atoms with Crippen LogP contribution in [0, 0.1) is 0 Å². The van der Waals surface area contributed by atoms with Crippen LogP contribution in [0.3, 0.4) is 0 Å². The zero-order valence-corrected chi connectivity index (χ0v) is 12.5. The van der Waals surface area contributed by atoms with Crippen LogP contribution in [0.5, 0.6) is 0 Å². The van der Waals surface area contributed by atoms with Crippen LogP contribution in [-0.4, -0.2) is 24.5 Å². The maximum absolute atomic E-state index is 11.2. The first-order valence-corrected chi connectivity index (χ1v) is 7.53. The number of carbonyl (C=O) groups is 1. The Labute approximate surface area is 125 Å².